The van der Waals surface area contributed by atoms with Crippen LogP contribution in [-0.4, -0.2) is 8.42 Å². The van der Waals surface area contributed by atoms with Gasteiger partial charge in [0.25, 0.3) is 0 Å². The summed E-state index contributed by atoms with van der Waals surface area (Å²) in [4.78, 5) is 0.320. The molecule has 0 radical (unpaired) electrons. The molecule has 2 aromatic carbocycles. The molecular formula is C15H14O2S. The Bertz CT molecular complexity index is 641. The lowest BCUT2D eigenvalue weighted by Crippen LogP contribution is -1.97. The number of sulfone groups is 1. The molecule has 0 N–H and O–H groups in total. The lowest BCUT2D eigenvalue weighted by Gasteiger charge is -2.03. The molecule has 0 aliphatic rings. The van der Waals surface area contributed by atoms with Crippen LogP contribution in [0.25, 0.3) is 5.57 Å². The molecule has 0 spiro atoms. The number of allylic oxidation sites excluding steroid dienone is 1. The molecule has 0 heterocycles. The van der Waals surface area contributed by atoms with Crippen molar-refractivity contribution >= 4 is 15.4 Å². The second-order valence-corrected chi connectivity index (χ2v) is 5.82. The molecule has 0 saturated carbocycles. The first-order valence-electron chi connectivity index (χ1n) is 5.63. The molecule has 0 aliphatic heterocycles. The van der Waals surface area contributed by atoms with Crippen LogP contribution in [-0.2, 0) is 9.84 Å². The fourth-order valence-corrected chi connectivity index (χ4v) is 2.95. The summed E-state index contributed by atoms with van der Waals surface area (Å²) in [6, 6.07) is 17.9. The second kappa shape index (κ2) is 5.19. The highest BCUT2D eigenvalue weighted by molar-refractivity contribution is 7.94. The number of hydrogen-bond donors (Lipinski definition) is 0. The van der Waals surface area contributed by atoms with E-state index >= 15 is 0 Å². The van der Waals surface area contributed by atoms with Gasteiger partial charge in [-0.2, -0.15) is 0 Å². The summed E-state index contributed by atoms with van der Waals surface area (Å²) < 4.78 is 24.3. The molecule has 2 nitrogen and oxygen atoms in total. The van der Waals surface area contributed by atoms with Crippen LogP contribution < -0.4 is 0 Å². The molecule has 92 valence electrons. The molecule has 2 aromatic rings. The maximum absolute atomic E-state index is 12.1. The van der Waals surface area contributed by atoms with Crippen molar-refractivity contribution in [1.29, 1.82) is 0 Å². The molecular weight excluding hydrogens is 244 g/mol. The van der Waals surface area contributed by atoms with Gasteiger partial charge in [0.1, 0.15) is 0 Å². The van der Waals surface area contributed by atoms with Crippen molar-refractivity contribution in [1.82, 2.24) is 0 Å². The topological polar surface area (TPSA) is 34.1 Å². The summed E-state index contributed by atoms with van der Waals surface area (Å²) in [6.07, 6.45) is 0. The average Bonchev–Trinajstić information content (AvgIpc) is 2.40. The van der Waals surface area contributed by atoms with E-state index in [0.29, 0.717) is 4.90 Å². The van der Waals surface area contributed by atoms with Crippen LogP contribution in [0, 0.1) is 0 Å². The van der Waals surface area contributed by atoms with Crippen LogP contribution in [0.4, 0.5) is 0 Å². The third-order valence-electron chi connectivity index (χ3n) is 2.63. The van der Waals surface area contributed by atoms with Gasteiger partial charge >= 0.3 is 0 Å². The highest BCUT2D eigenvalue weighted by Gasteiger charge is 2.11. The fraction of sp³-hybridized carbons (Fsp3) is 0.0667. The van der Waals surface area contributed by atoms with E-state index < -0.39 is 9.84 Å². The van der Waals surface area contributed by atoms with Crippen LogP contribution in [0.15, 0.2) is 71.0 Å². The Morgan fingerprint density at radius 2 is 1.39 bits per heavy atom. The smallest absolute Gasteiger partial charge is 0.200 e. The van der Waals surface area contributed by atoms with Crippen LogP contribution in [0.3, 0.4) is 0 Å². The molecule has 0 fully saturated rings. The highest BCUT2D eigenvalue weighted by atomic mass is 32.2. The minimum atomic E-state index is -3.37. The SMILES string of the molecule is C/C(=C/S(=O)(=O)c1ccccc1)c1ccccc1. The molecule has 0 bridgehead atoms. The van der Waals surface area contributed by atoms with Gasteiger partial charge in [0.05, 0.1) is 4.90 Å². The van der Waals surface area contributed by atoms with Crippen molar-refractivity contribution < 1.29 is 8.42 Å². The van der Waals surface area contributed by atoms with E-state index in [-0.39, 0.29) is 0 Å². The molecule has 3 heteroatoms. The lowest BCUT2D eigenvalue weighted by molar-refractivity contribution is 0.604. The first-order chi connectivity index (χ1) is 8.59. The van der Waals surface area contributed by atoms with E-state index in [1.165, 1.54) is 5.41 Å². The summed E-state index contributed by atoms with van der Waals surface area (Å²) in [5, 5.41) is 1.32. The highest BCUT2D eigenvalue weighted by Crippen LogP contribution is 2.19. The van der Waals surface area contributed by atoms with Crippen LogP contribution >= 0.6 is 0 Å². The number of rotatable bonds is 3. The van der Waals surface area contributed by atoms with Crippen LogP contribution in [0.1, 0.15) is 12.5 Å². The molecule has 0 saturated heterocycles. The van der Waals surface area contributed by atoms with E-state index in [1.807, 2.05) is 30.3 Å². The van der Waals surface area contributed by atoms with Crippen molar-refractivity contribution in [2.45, 2.75) is 11.8 Å². The van der Waals surface area contributed by atoms with E-state index in [1.54, 1.807) is 37.3 Å². The largest absolute Gasteiger partial charge is 0.219 e. The maximum Gasteiger partial charge on any atom is 0.200 e. The maximum atomic E-state index is 12.1. The normalized spacial score (nSPS) is 12.4. The minimum Gasteiger partial charge on any atom is -0.219 e. The first kappa shape index (κ1) is 12.6. The van der Waals surface area contributed by atoms with Gasteiger partial charge in [-0.05, 0) is 30.2 Å². The Morgan fingerprint density at radius 1 is 0.889 bits per heavy atom. The average molecular weight is 258 g/mol. The third-order valence-corrected chi connectivity index (χ3v) is 4.23. The van der Waals surface area contributed by atoms with Gasteiger partial charge in [0.2, 0.25) is 0 Å². The second-order valence-electron chi connectivity index (χ2n) is 4.02. The third kappa shape index (κ3) is 2.87. The minimum absolute atomic E-state index is 0.320. The van der Waals surface area contributed by atoms with E-state index in [0.717, 1.165) is 11.1 Å². The van der Waals surface area contributed by atoms with Crippen LogP contribution in [0.5, 0.6) is 0 Å². The Labute approximate surface area is 108 Å². The molecule has 0 aromatic heterocycles. The Morgan fingerprint density at radius 3 is 1.94 bits per heavy atom. The summed E-state index contributed by atoms with van der Waals surface area (Å²) in [7, 11) is -3.37. The quantitative estimate of drug-likeness (QED) is 0.844. The first-order valence-corrected chi connectivity index (χ1v) is 7.18. The van der Waals surface area contributed by atoms with Crippen LogP contribution in [0.2, 0.25) is 0 Å². The number of benzene rings is 2. The van der Waals surface area contributed by atoms with Gasteiger partial charge in [-0.1, -0.05) is 48.5 Å². The van der Waals surface area contributed by atoms with Gasteiger partial charge in [0.15, 0.2) is 9.84 Å². The Kier molecular flexibility index (Phi) is 3.63. The van der Waals surface area contributed by atoms with E-state index in [4.69, 9.17) is 0 Å². The molecule has 0 unspecified atom stereocenters. The molecule has 0 amide bonds. The van der Waals surface area contributed by atoms with Gasteiger partial charge in [0, 0.05) is 5.41 Å². The summed E-state index contributed by atoms with van der Waals surface area (Å²) >= 11 is 0. The van der Waals surface area contributed by atoms with Crippen molar-refractivity contribution in [2.24, 2.45) is 0 Å². The zero-order valence-corrected chi connectivity index (χ0v) is 10.9. The fourth-order valence-electron chi connectivity index (χ4n) is 1.68. The zero-order valence-electron chi connectivity index (χ0n) is 10.1. The predicted octanol–water partition coefficient (Wildman–Crippen LogP) is 3.52. The standard InChI is InChI=1S/C15H14O2S/c1-13(14-8-4-2-5-9-14)12-18(16,17)15-10-6-3-7-11-15/h2-12H,1H3/b13-12-. The Balaban J connectivity index is 2.39. The zero-order chi connectivity index (χ0) is 13.0. The monoisotopic (exact) mass is 258 g/mol. The van der Waals surface area contributed by atoms with E-state index in [9.17, 15) is 8.42 Å². The molecule has 18 heavy (non-hydrogen) atoms. The van der Waals surface area contributed by atoms with Gasteiger partial charge in [-0.25, -0.2) is 8.42 Å². The van der Waals surface area contributed by atoms with Gasteiger partial charge in [-0.15, -0.1) is 0 Å². The number of hydrogen-bond acceptors (Lipinski definition) is 2. The summed E-state index contributed by atoms with van der Waals surface area (Å²) in [5.41, 5.74) is 1.65. The molecule has 0 aliphatic carbocycles. The predicted molar refractivity (Wildman–Crippen MR) is 73.7 cm³/mol. The van der Waals surface area contributed by atoms with Gasteiger partial charge in [-0.3, -0.25) is 0 Å². The lowest BCUT2D eigenvalue weighted by atomic mass is 10.1. The molecule has 2 rings (SSSR count). The molecule has 0 atom stereocenters. The van der Waals surface area contributed by atoms with E-state index in [2.05, 4.69) is 0 Å². The van der Waals surface area contributed by atoms with Gasteiger partial charge < -0.3 is 0 Å². The van der Waals surface area contributed by atoms with Crippen molar-refractivity contribution in [3.8, 4) is 0 Å². The van der Waals surface area contributed by atoms with Crippen molar-refractivity contribution in [3.63, 3.8) is 0 Å². The summed E-state index contributed by atoms with van der Waals surface area (Å²) in [5.74, 6) is 0. The summed E-state index contributed by atoms with van der Waals surface area (Å²) in [6.45, 7) is 1.80. The van der Waals surface area contributed by atoms with Crippen molar-refractivity contribution in [3.05, 3.63) is 71.6 Å². The van der Waals surface area contributed by atoms with Crippen molar-refractivity contribution in [2.75, 3.05) is 0 Å². The Hall–Kier alpha value is -1.87.